The molecule has 0 unspecified atom stereocenters. The average Bonchev–Trinajstić information content (AvgIpc) is 2.73. The summed E-state index contributed by atoms with van der Waals surface area (Å²) in [5, 5.41) is 14.2. The van der Waals surface area contributed by atoms with E-state index in [1.54, 1.807) is 0 Å². The van der Waals surface area contributed by atoms with Crippen LogP contribution in [-0.4, -0.2) is 20.9 Å². The van der Waals surface area contributed by atoms with E-state index in [0.29, 0.717) is 0 Å². The number of aliphatic hydroxyl groups is 1. The van der Waals surface area contributed by atoms with Crippen LogP contribution in [0.3, 0.4) is 0 Å². The normalized spacial score (nSPS) is 12.3. The molecule has 1 N–H and O–H groups in total. The quantitative estimate of drug-likeness (QED) is 0.107. The van der Waals surface area contributed by atoms with Crippen LogP contribution in [0.2, 0.25) is 0 Å². The largest absolute Gasteiger partial charge is 0.512 e. The van der Waals surface area contributed by atoms with Crippen molar-refractivity contribution in [3.63, 3.8) is 0 Å². The van der Waals surface area contributed by atoms with Gasteiger partial charge in [-0.3, -0.25) is 9.78 Å². The van der Waals surface area contributed by atoms with Gasteiger partial charge in [0.15, 0.2) is 5.78 Å². The van der Waals surface area contributed by atoms with Crippen LogP contribution in [0.5, 0.6) is 0 Å². The summed E-state index contributed by atoms with van der Waals surface area (Å²) in [7, 11) is 0. The molecule has 0 aliphatic carbocycles. The molecule has 1 radical (unpaired) electrons. The van der Waals surface area contributed by atoms with Crippen molar-refractivity contribution in [2.75, 3.05) is 0 Å². The maximum Gasteiger partial charge on any atom is 0.164 e. The second kappa shape index (κ2) is 10.1. The van der Waals surface area contributed by atoms with Gasteiger partial charge in [-0.25, -0.2) is 0 Å². The number of hydrogen-bond acceptors (Lipinski definition) is 4. The van der Waals surface area contributed by atoms with Gasteiger partial charge in [0.1, 0.15) is 5.76 Å². The van der Waals surface area contributed by atoms with Crippen molar-refractivity contribution >= 4 is 38.4 Å². The Morgan fingerprint density at radius 3 is 2.12 bits per heavy atom. The Hall–Kier alpha value is -2.62. The van der Waals surface area contributed by atoms with E-state index in [-0.39, 0.29) is 37.1 Å². The first-order valence-electron chi connectivity index (χ1n) is 10.8. The summed E-state index contributed by atoms with van der Waals surface area (Å²) in [6, 6.07) is 17.7. The molecule has 0 spiro atoms. The average molecular weight is 620 g/mol. The topological polar surface area (TPSA) is 63.1 Å². The minimum atomic E-state index is -0.417. The van der Waals surface area contributed by atoms with Gasteiger partial charge in [-0.15, -0.1) is 29.7 Å². The van der Waals surface area contributed by atoms with Crippen molar-refractivity contribution < 1.29 is 30.0 Å². The van der Waals surface area contributed by atoms with Gasteiger partial charge in [-0.1, -0.05) is 76.6 Å². The van der Waals surface area contributed by atoms with Crippen molar-refractivity contribution in [2.45, 2.75) is 48.5 Å². The number of allylic oxidation sites excluding steroid dienone is 2. The molecule has 4 rings (SSSR count). The first-order chi connectivity index (χ1) is 14.9. The molecule has 5 heteroatoms. The molecule has 3 aromatic carbocycles. The number of nitrogens with zero attached hydrogens (tertiary/aromatic N) is 2. The smallest absolute Gasteiger partial charge is 0.164 e. The van der Waals surface area contributed by atoms with E-state index in [1.165, 1.54) is 16.8 Å². The van der Waals surface area contributed by atoms with Gasteiger partial charge >= 0.3 is 0 Å². The number of fused-ring (bicyclic) bond motifs is 6. The fourth-order valence-corrected chi connectivity index (χ4v) is 3.19. The predicted octanol–water partition coefficient (Wildman–Crippen LogP) is 7.13. The number of ketones is 1. The minimum Gasteiger partial charge on any atom is -0.512 e. The zero-order valence-electron chi connectivity index (χ0n) is 20.3. The van der Waals surface area contributed by atoms with Crippen molar-refractivity contribution in [1.82, 2.24) is 9.97 Å². The molecule has 1 heterocycles. The fourth-order valence-electron chi connectivity index (χ4n) is 3.19. The molecule has 0 bridgehead atoms. The van der Waals surface area contributed by atoms with E-state index in [4.69, 9.17) is 0 Å². The van der Waals surface area contributed by atoms with Crippen molar-refractivity contribution in [2.24, 2.45) is 10.8 Å². The van der Waals surface area contributed by atoms with Crippen molar-refractivity contribution in [3.8, 4) is 0 Å². The first-order valence-corrected chi connectivity index (χ1v) is 10.8. The maximum atomic E-state index is 11.5. The Morgan fingerprint density at radius 2 is 1.52 bits per heavy atom. The van der Waals surface area contributed by atoms with E-state index >= 15 is 0 Å². The van der Waals surface area contributed by atoms with Gasteiger partial charge in [0.05, 0.1) is 11.2 Å². The standard InChI is InChI=1S/C17H11N2.C11H20O2.Ir/c1-11-10-18-16-14-8-4-2-6-12(14)13-7-3-5-9-15(13)17(16)19-11;1-10(2,3)8(12)7-9(13)11(4,5)6;/h2-7,9-10H,1H3;7,12H,1-6H3;/q-1;;. The number of hydrogen-bond donors (Lipinski definition) is 1. The zero-order chi connectivity index (χ0) is 23.7. The molecule has 1 aromatic heterocycles. The summed E-state index contributed by atoms with van der Waals surface area (Å²) in [5.41, 5.74) is 2.07. The maximum absolute atomic E-state index is 11.5. The summed E-state index contributed by atoms with van der Waals surface area (Å²) < 4.78 is 0. The number of aliphatic hydroxyl groups excluding tert-OH is 1. The first kappa shape index (κ1) is 26.6. The van der Waals surface area contributed by atoms with Crippen LogP contribution in [0, 0.1) is 23.8 Å². The molecule has 0 atom stereocenters. The zero-order valence-corrected chi connectivity index (χ0v) is 22.7. The van der Waals surface area contributed by atoms with Crippen LogP contribution in [0.15, 0.2) is 60.5 Å². The Kier molecular flexibility index (Phi) is 8.16. The molecular weight excluding hydrogens is 589 g/mol. The van der Waals surface area contributed by atoms with Crippen molar-refractivity contribution in [3.05, 3.63) is 72.3 Å². The Labute approximate surface area is 209 Å². The summed E-state index contributed by atoms with van der Waals surface area (Å²) in [6.07, 6.45) is 3.15. The summed E-state index contributed by atoms with van der Waals surface area (Å²) in [5.74, 6) is 0.104. The summed E-state index contributed by atoms with van der Waals surface area (Å²) in [6.45, 7) is 13.1. The second-order valence-corrected chi connectivity index (χ2v) is 10.1. The van der Waals surface area contributed by atoms with E-state index < -0.39 is 5.41 Å². The molecule has 0 aliphatic rings. The number of rotatable bonds is 1. The third-order valence-electron chi connectivity index (χ3n) is 5.23. The van der Waals surface area contributed by atoms with Crippen LogP contribution < -0.4 is 0 Å². The van der Waals surface area contributed by atoms with Gasteiger partial charge in [0.25, 0.3) is 0 Å². The molecule has 175 valence electrons. The number of carbonyl (C=O) groups excluding carboxylic acids is 1. The fraction of sp³-hybridized carbons (Fsp3) is 0.321. The molecule has 0 saturated carbocycles. The molecule has 33 heavy (non-hydrogen) atoms. The van der Waals surface area contributed by atoms with Gasteiger partial charge in [0.2, 0.25) is 0 Å². The summed E-state index contributed by atoms with van der Waals surface area (Å²) in [4.78, 5) is 20.7. The van der Waals surface area contributed by atoms with Gasteiger partial charge in [-0.2, -0.15) is 0 Å². The number of benzene rings is 3. The van der Waals surface area contributed by atoms with E-state index in [0.717, 1.165) is 27.5 Å². The molecule has 0 amide bonds. The van der Waals surface area contributed by atoms with E-state index in [9.17, 15) is 9.90 Å². The van der Waals surface area contributed by atoms with Gasteiger partial charge in [-0.05, 0) is 12.3 Å². The SMILES string of the molecule is CC(C)(C)C(=O)C=C(O)C(C)(C)C.Cc1cnc2c3[c-]cccc3c3ccccc3c2n1.[Ir]. The van der Waals surface area contributed by atoms with Crippen LogP contribution in [0.25, 0.3) is 32.6 Å². The second-order valence-electron chi connectivity index (χ2n) is 10.1. The molecule has 4 aromatic rings. The Balaban J connectivity index is 0.000000246. The molecular formula is C28H31IrN2O2-. The molecule has 0 aliphatic heterocycles. The van der Waals surface area contributed by atoms with Crippen LogP contribution in [-0.2, 0) is 24.9 Å². The molecule has 4 nitrogen and oxygen atoms in total. The number of aryl methyl sites for hydroxylation is 1. The Bertz CT molecular complexity index is 1290. The minimum absolute atomic E-state index is 0. The van der Waals surface area contributed by atoms with E-state index in [1.807, 2.05) is 72.9 Å². The van der Waals surface area contributed by atoms with Crippen LogP contribution in [0.1, 0.15) is 47.2 Å². The molecule has 0 saturated heterocycles. The van der Waals surface area contributed by atoms with Crippen LogP contribution >= 0.6 is 0 Å². The Morgan fingerprint density at radius 1 is 0.909 bits per heavy atom. The predicted molar refractivity (Wildman–Crippen MR) is 133 cm³/mol. The molecule has 0 fully saturated rings. The van der Waals surface area contributed by atoms with Crippen molar-refractivity contribution in [1.29, 1.82) is 0 Å². The van der Waals surface area contributed by atoms with Crippen LogP contribution in [0.4, 0.5) is 0 Å². The summed E-state index contributed by atoms with van der Waals surface area (Å²) >= 11 is 0. The third-order valence-corrected chi connectivity index (χ3v) is 5.23. The van der Waals surface area contributed by atoms with Gasteiger partial charge in [0, 0.05) is 48.7 Å². The van der Waals surface area contributed by atoms with E-state index in [2.05, 4.69) is 40.3 Å². The number of aromatic nitrogens is 2. The van der Waals surface area contributed by atoms with Gasteiger partial charge < -0.3 is 10.1 Å². The number of carbonyl (C=O) groups is 1. The third kappa shape index (κ3) is 6.04. The monoisotopic (exact) mass is 620 g/mol.